The lowest BCUT2D eigenvalue weighted by molar-refractivity contribution is 0.102. The average Bonchev–Trinajstić information content (AvgIpc) is 3.25. The van der Waals surface area contributed by atoms with Crippen LogP contribution >= 0.6 is 0 Å². The molecule has 4 rings (SSSR count). The number of pyridine rings is 1. The third kappa shape index (κ3) is 4.40. The number of ether oxygens (including phenoxy) is 1. The van der Waals surface area contributed by atoms with Crippen LogP contribution in [0.1, 0.15) is 34.3 Å². The second-order valence-electron chi connectivity index (χ2n) is 7.67. The van der Waals surface area contributed by atoms with E-state index in [4.69, 9.17) is 4.74 Å². The van der Waals surface area contributed by atoms with Crippen molar-refractivity contribution >= 4 is 23.4 Å². The monoisotopic (exact) mass is 394 g/mol. The van der Waals surface area contributed by atoms with Crippen LogP contribution in [0.3, 0.4) is 0 Å². The van der Waals surface area contributed by atoms with Crippen molar-refractivity contribution in [1.29, 1.82) is 0 Å². The summed E-state index contributed by atoms with van der Waals surface area (Å²) < 4.78 is 4.86. The third-order valence-corrected chi connectivity index (χ3v) is 5.59. The molecule has 7 nitrogen and oxygen atoms in total. The lowest BCUT2D eigenvalue weighted by atomic mass is 9.99. The Bertz CT molecular complexity index is 909. The summed E-state index contributed by atoms with van der Waals surface area (Å²) in [7, 11) is 1.39. The predicted molar refractivity (Wildman–Crippen MR) is 111 cm³/mol. The van der Waals surface area contributed by atoms with Crippen LogP contribution in [-0.2, 0) is 17.6 Å². The van der Waals surface area contributed by atoms with Crippen LogP contribution < -0.4 is 15.5 Å². The number of hydrogen-bond donors (Lipinski definition) is 2. The molecule has 1 atom stereocenters. The van der Waals surface area contributed by atoms with E-state index >= 15 is 0 Å². The van der Waals surface area contributed by atoms with Gasteiger partial charge in [0.2, 0.25) is 0 Å². The molecular formula is C22H26N4O3. The smallest absolute Gasteiger partial charge is 0.414 e. The molecule has 0 spiro atoms. The van der Waals surface area contributed by atoms with E-state index in [1.165, 1.54) is 7.11 Å². The zero-order valence-electron chi connectivity index (χ0n) is 16.6. The SMILES string of the molecule is COC(=O)N1CCCc2cc(NC(=O)c3cncc(CC4CCNC4)c3)ccc21. The number of carbonyl (C=O) groups is 2. The molecule has 1 fully saturated rings. The van der Waals surface area contributed by atoms with Gasteiger partial charge in [0.15, 0.2) is 0 Å². The first-order valence-electron chi connectivity index (χ1n) is 10.1. The summed E-state index contributed by atoms with van der Waals surface area (Å²) in [5, 5.41) is 6.33. The molecule has 2 aliphatic rings. The summed E-state index contributed by atoms with van der Waals surface area (Å²) >= 11 is 0. The molecule has 0 bridgehead atoms. The first-order chi connectivity index (χ1) is 14.1. The fraction of sp³-hybridized carbons (Fsp3) is 0.409. The number of fused-ring (bicyclic) bond motifs is 1. The minimum atomic E-state index is -0.358. The van der Waals surface area contributed by atoms with Crippen LogP contribution in [0.4, 0.5) is 16.2 Å². The molecule has 29 heavy (non-hydrogen) atoms. The van der Waals surface area contributed by atoms with Gasteiger partial charge in [0, 0.05) is 24.6 Å². The fourth-order valence-electron chi connectivity index (χ4n) is 4.12. The number of hydrogen-bond acceptors (Lipinski definition) is 5. The molecular weight excluding hydrogens is 368 g/mol. The van der Waals surface area contributed by atoms with Crippen LogP contribution in [0.15, 0.2) is 36.7 Å². The molecule has 3 heterocycles. The van der Waals surface area contributed by atoms with Gasteiger partial charge in [-0.1, -0.05) is 0 Å². The zero-order valence-corrected chi connectivity index (χ0v) is 16.6. The Kier molecular flexibility index (Phi) is 5.76. The predicted octanol–water partition coefficient (Wildman–Crippen LogP) is 3.00. The number of carbonyl (C=O) groups excluding carboxylic acids is 2. The molecule has 2 aliphatic heterocycles. The van der Waals surface area contributed by atoms with Crippen molar-refractivity contribution in [1.82, 2.24) is 10.3 Å². The van der Waals surface area contributed by atoms with Crippen LogP contribution in [0.5, 0.6) is 0 Å². The summed E-state index contributed by atoms with van der Waals surface area (Å²) in [4.78, 5) is 30.6. The standard InChI is InChI=1S/C22H26N4O3/c1-29-22(28)26-8-2-3-17-11-19(4-5-20(17)26)25-21(27)18-10-16(13-24-14-18)9-15-6-7-23-12-15/h4-5,10-11,13-15,23H,2-3,6-9,12H2,1H3,(H,25,27). The zero-order chi connectivity index (χ0) is 20.2. The van der Waals surface area contributed by atoms with Crippen molar-refractivity contribution < 1.29 is 14.3 Å². The van der Waals surface area contributed by atoms with Crippen LogP contribution in [-0.4, -0.2) is 43.7 Å². The molecule has 1 unspecified atom stereocenters. The topological polar surface area (TPSA) is 83.6 Å². The van der Waals surface area contributed by atoms with E-state index in [1.807, 2.05) is 30.5 Å². The van der Waals surface area contributed by atoms with Gasteiger partial charge in [0.1, 0.15) is 0 Å². The number of anilines is 2. The number of benzene rings is 1. The maximum absolute atomic E-state index is 12.7. The molecule has 2 amide bonds. The molecule has 1 saturated heterocycles. The van der Waals surface area contributed by atoms with Gasteiger partial charge in [-0.15, -0.1) is 0 Å². The number of aromatic nitrogens is 1. The molecule has 1 aromatic carbocycles. The lowest BCUT2D eigenvalue weighted by Crippen LogP contribution is -2.35. The number of rotatable bonds is 4. The fourth-order valence-corrected chi connectivity index (χ4v) is 4.12. The Hall–Kier alpha value is -2.93. The summed E-state index contributed by atoms with van der Waals surface area (Å²) in [5.74, 6) is 0.429. The van der Waals surface area contributed by atoms with E-state index in [1.54, 1.807) is 11.1 Å². The Balaban J connectivity index is 1.47. The van der Waals surface area contributed by atoms with E-state index in [0.717, 1.165) is 55.6 Å². The Morgan fingerprint density at radius 3 is 3.00 bits per heavy atom. The molecule has 2 N–H and O–H groups in total. The van der Waals surface area contributed by atoms with Gasteiger partial charge in [-0.3, -0.25) is 14.7 Å². The molecule has 2 aromatic rings. The summed E-state index contributed by atoms with van der Waals surface area (Å²) in [5.41, 5.74) is 4.23. The summed E-state index contributed by atoms with van der Waals surface area (Å²) in [6, 6.07) is 7.55. The molecule has 0 aliphatic carbocycles. The number of nitrogens with zero attached hydrogens (tertiary/aromatic N) is 2. The second-order valence-corrected chi connectivity index (χ2v) is 7.67. The third-order valence-electron chi connectivity index (χ3n) is 5.59. The van der Waals surface area contributed by atoms with Crippen molar-refractivity contribution in [3.8, 4) is 0 Å². The van der Waals surface area contributed by atoms with Gasteiger partial charge in [-0.2, -0.15) is 0 Å². The normalized spacial score (nSPS) is 18.2. The highest BCUT2D eigenvalue weighted by molar-refractivity contribution is 6.04. The lowest BCUT2D eigenvalue weighted by Gasteiger charge is -2.28. The Morgan fingerprint density at radius 1 is 1.31 bits per heavy atom. The van der Waals surface area contributed by atoms with E-state index in [2.05, 4.69) is 15.6 Å². The van der Waals surface area contributed by atoms with Crippen molar-refractivity contribution in [3.05, 3.63) is 53.3 Å². The number of methoxy groups -OCH3 is 1. The van der Waals surface area contributed by atoms with E-state index < -0.39 is 0 Å². The van der Waals surface area contributed by atoms with Crippen LogP contribution in [0.25, 0.3) is 0 Å². The second kappa shape index (κ2) is 8.61. The van der Waals surface area contributed by atoms with Crippen LogP contribution in [0, 0.1) is 5.92 Å². The summed E-state index contributed by atoms with van der Waals surface area (Å²) in [6.07, 6.45) is 6.90. The molecule has 0 radical (unpaired) electrons. The largest absolute Gasteiger partial charge is 0.452 e. The molecule has 7 heteroatoms. The van der Waals surface area contributed by atoms with Gasteiger partial charge in [0.25, 0.3) is 5.91 Å². The quantitative estimate of drug-likeness (QED) is 0.833. The first-order valence-corrected chi connectivity index (χ1v) is 10.1. The van der Waals surface area contributed by atoms with E-state index in [9.17, 15) is 9.59 Å². The highest BCUT2D eigenvalue weighted by atomic mass is 16.5. The minimum absolute atomic E-state index is 0.176. The highest BCUT2D eigenvalue weighted by Crippen LogP contribution is 2.30. The minimum Gasteiger partial charge on any atom is -0.452 e. The summed E-state index contributed by atoms with van der Waals surface area (Å²) in [6.45, 7) is 2.72. The maximum Gasteiger partial charge on any atom is 0.414 e. The Morgan fingerprint density at radius 2 is 2.21 bits per heavy atom. The van der Waals surface area contributed by atoms with Gasteiger partial charge >= 0.3 is 6.09 Å². The van der Waals surface area contributed by atoms with Crippen molar-refractivity contribution in [2.75, 3.05) is 37.0 Å². The first kappa shape index (κ1) is 19.4. The van der Waals surface area contributed by atoms with Crippen molar-refractivity contribution in [2.24, 2.45) is 5.92 Å². The van der Waals surface area contributed by atoms with Gasteiger partial charge in [-0.05, 0) is 80.1 Å². The van der Waals surface area contributed by atoms with Gasteiger partial charge in [0.05, 0.1) is 18.4 Å². The Labute approximate surface area is 170 Å². The van der Waals surface area contributed by atoms with E-state index in [-0.39, 0.29) is 12.0 Å². The van der Waals surface area contributed by atoms with Crippen molar-refractivity contribution in [2.45, 2.75) is 25.7 Å². The molecule has 152 valence electrons. The maximum atomic E-state index is 12.7. The highest BCUT2D eigenvalue weighted by Gasteiger charge is 2.23. The van der Waals surface area contributed by atoms with Crippen LogP contribution in [0.2, 0.25) is 0 Å². The average molecular weight is 394 g/mol. The van der Waals surface area contributed by atoms with Gasteiger partial charge < -0.3 is 15.4 Å². The number of aryl methyl sites for hydroxylation is 1. The number of amides is 2. The van der Waals surface area contributed by atoms with Crippen molar-refractivity contribution in [3.63, 3.8) is 0 Å². The van der Waals surface area contributed by atoms with Gasteiger partial charge in [-0.25, -0.2) is 4.79 Å². The van der Waals surface area contributed by atoms with E-state index in [0.29, 0.717) is 23.7 Å². The number of nitrogens with one attached hydrogen (secondary N) is 2. The molecule has 1 aromatic heterocycles. The molecule has 0 saturated carbocycles.